The fourth-order valence-electron chi connectivity index (χ4n) is 2.50. The van der Waals surface area contributed by atoms with Gasteiger partial charge in [-0.15, -0.1) is 12.4 Å². The minimum Gasteiger partial charge on any atom is -0.384 e. The van der Waals surface area contributed by atoms with E-state index in [1.54, 1.807) is 7.11 Å². The first kappa shape index (κ1) is 20.6. The van der Waals surface area contributed by atoms with E-state index in [0.717, 1.165) is 39.0 Å². The third kappa shape index (κ3) is 7.45. The quantitative estimate of drug-likeness (QED) is 0.633. The number of hydrogen-bond donors (Lipinski definition) is 2. The number of amides is 1. The fourth-order valence-corrected chi connectivity index (χ4v) is 2.50. The molecule has 1 saturated heterocycles. The van der Waals surface area contributed by atoms with Crippen LogP contribution in [0.1, 0.15) is 33.1 Å². The van der Waals surface area contributed by atoms with Crippen LogP contribution in [0.15, 0.2) is 0 Å². The van der Waals surface area contributed by atoms with Crippen LogP contribution in [0.3, 0.4) is 0 Å². The molecule has 1 aliphatic rings. The van der Waals surface area contributed by atoms with Gasteiger partial charge in [-0.25, -0.2) is 0 Å². The maximum Gasteiger partial charge on any atom is 0.228 e. The summed E-state index contributed by atoms with van der Waals surface area (Å²) < 4.78 is 10.8. The van der Waals surface area contributed by atoms with Gasteiger partial charge in [-0.05, 0) is 38.3 Å². The van der Waals surface area contributed by atoms with Crippen LogP contribution in [0.25, 0.3) is 0 Å². The molecule has 5 nitrogen and oxygen atoms in total. The average Bonchev–Trinajstić information content (AvgIpc) is 2.43. The number of methoxy groups -OCH3 is 1. The van der Waals surface area contributed by atoms with Gasteiger partial charge in [0.25, 0.3) is 0 Å². The van der Waals surface area contributed by atoms with Crippen LogP contribution in [-0.2, 0) is 14.3 Å². The zero-order valence-corrected chi connectivity index (χ0v) is 14.4. The van der Waals surface area contributed by atoms with Crippen molar-refractivity contribution in [2.45, 2.75) is 33.1 Å². The van der Waals surface area contributed by atoms with E-state index in [2.05, 4.69) is 24.5 Å². The second-order valence-electron chi connectivity index (χ2n) is 6.04. The SMILES string of the molecule is COCC1(C(=O)NCCCOCC(C)C)CCNCC1.Cl. The Hall–Kier alpha value is -0.360. The summed E-state index contributed by atoms with van der Waals surface area (Å²) in [7, 11) is 1.66. The molecule has 0 aromatic rings. The van der Waals surface area contributed by atoms with Crippen molar-refractivity contribution in [2.75, 3.05) is 46.6 Å². The molecule has 1 aliphatic heterocycles. The van der Waals surface area contributed by atoms with Crippen LogP contribution < -0.4 is 10.6 Å². The Morgan fingerprint density at radius 3 is 2.57 bits per heavy atom. The Kier molecular flexibility index (Phi) is 11.0. The number of halogens is 1. The number of hydrogen-bond acceptors (Lipinski definition) is 4. The summed E-state index contributed by atoms with van der Waals surface area (Å²) in [5.74, 6) is 0.689. The Balaban J connectivity index is 0.00000400. The third-order valence-corrected chi connectivity index (χ3v) is 3.67. The number of carbonyl (C=O) groups excluding carboxylic acids is 1. The molecule has 1 fully saturated rings. The van der Waals surface area contributed by atoms with Crippen LogP contribution in [0, 0.1) is 11.3 Å². The van der Waals surface area contributed by atoms with Gasteiger partial charge < -0.3 is 20.1 Å². The lowest BCUT2D eigenvalue weighted by molar-refractivity contribution is -0.136. The molecule has 0 aromatic carbocycles. The van der Waals surface area contributed by atoms with Crippen molar-refractivity contribution in [1.82, 2.24) is 10.6 Å². The van der Waals surface area contributed by atoms with Gasteiger partial charge in [0.15, 0.2) is 0 Å². The van der Waals surface area contributed by atoms with E-state index in [1.165, 1.54) is 0 Å². The van der Waals surface area contributed by atoms with Crippen molar-refractivity contribution in [3.63, 3.8) is 0 Å². The Morgan fingerprint density at radius 2 is 2.00 bits per heavy atom. The molecule has 0 aliphatic carbocycles. The lowest BCUT2D eigenvalue weighted by Gasteiger charge is -2.35. The van der Waals surface area contributed by atoms with E-state index in [9.17, 15) is 4.79 Å². The molecule has 0 saturated carbocycles. The summed E-state index contributed by atoms with van der Waals surface area (Å²) in [4.78, 5) is 12.4. The first-order chi connectivity index (χ1) is 9.60. The molecule has 0 aromatic heterocycles. The predicted molar refractivity (Wildman–Crippen MR) is 86.9 cm³/mol. The summed E-state index contributed by atoms with van der Waals surface area (Å²) in [5, 5.41) is 6.33. The molecule has 0 radical (unpaired) electrons. The molecule has 0 spiro atoms. The van der Waals surface area contributed by atoms with Crippen molar-refractivity contribution >= 4 is 18.3 Å². The molecule has 1 heterocycles. The fraction of sp³-hybridized carbons (Fsp3) is 0.933. The van der Waals surface area contributed by atoms with Crippen molar-refractivity contribution in [3.8, 4) is 0 Å². The van der Waals surface area contributed by atoms with E-state index in [4.69, 9.17) is 9.47 Å². The van der Waals surface area contributed by atoms with Gasteiger partial charge in [0.2, 0.25) is 5.91 Å². The third-order valence-electron chi connectivity index (χ3n) is 3.67. The zero-order chi connectivity index (χ0) is 14.8. The first-order valence-corrected chi connectivity index (χ1v) is 7.66. The Bertz CT molecular complexity index is 277. The highest BCUT2D eigenvalue weighted by molar-refractivity contribution is 5.85. The minimum absolute atomic E-state index is 0. The molecule has 1 amide bonds. The molecular formula is C15H31ClN2O3. The van der Waals surface area contributed by atoms with Gasteiger partial charge in [0, 0.05) is 26.9 Å². The van der Waals surface area contributed by atoms with Gasteiger partial charge in [-0.1, -0.05) is 13.8 Å². The first-order valence-electron chi connectivity index (χ1n) is 7.66. The van der Waals surface area contributed by atoms with Crippen molar-refractivity contribution in [3.05, 3.63) is 0 Å². The van der Waals surface area contributed by atoms with Crippen molar-refractivity contribution < 1.29 is 14.3 Å². The van der Waals surface area contributed by atoms with E-state index >= 15 is 0 Å². The van der Waals surface area contributed by atoms with Gasteiger partial charge in [0.05, 0.1) is 12.0 Å². The second-order valence-corrected chi connectivity index (χ2v) is 6.04. The van der Waals surface area contributed by atoms with E-state index in [-0.39, 0.29) is 23.7 Å². The molecule has 1 rings (SSSR count). The number of rotatable bonds is 9. The number of piperidine rings is 1. The summed E-state index contributed by atoms with van der Waals surface area (Å²) in [6, 6.07) is 0. The summed E-state index contributed by atoms with van der Waals surface area (Å²) in [6.45, 7) is 8.70. The second kappa shape index (κ2) is 11.2. The van der Waals surface area contributed by atoms with Gasteiger partial charge >= 0.3 is 0 Å². The van der Waals surface area contributed by atoms with E-state index < -0.39 is 0 Å². The number of nitrogens with one attached hydrogen (secondary N) is 2. The predicted octanol–water partition coefficient (Wildman–Crippen LogP) is 1.60. The van der Waals surface area contributed by atoms with E-state index in [1.807, 2.05) is 0 Å². The van der Waals surface area contributed by atoms with Crippen LogP contribution >= 0.6 is 12.4 Å². The standard InChI is InChI=1S/C15H30N2O3.ClH/c1-13(2)11-20-10-4-7-17-14(18)15(12-19-3)5-8-16-9-6-15;/h13,16H,4-12H2,1-3H3,(H,17,18);1H. The minimum atomic E-state index is -0.348. The smallest absolute Gasteiger partial charge is 0.228 e. The van der Waals surface area contributed by atoms with Gasteiger partial charge in [-0.3, -0.25) is 4.79 Å². The highest BCUT2D eigenvalue weighted by Gasteiger charge is 2.39. The number of ether oxygens (including phenoxy) is 2. The maximum absolute atomic E-state index is 12.4. The molecule has 2 N–H and O–H groups in total. The van der Waals surface area contributed by atoms with Crippen LogP contribution in [-0.4, -0.2) is 52.5 Å². The Morgan fingerprint density at radius 1 is 1.33 bits per heavy atom. The summed E-state index contributed by atoms with van der Waals surface area (Å²) in [5.41, 5.74) is -0.348. The zero-order valence-electron chi connectivity index (χ0n) is 13.6. The molecule has 0 unspecified atom stereocenters. The normalized spacial score (nSPS) is 17.3. The molecule has 6 heteroatoms. The monoisotopic (exact) mass is 322 g/mol. The van der Waals surface area contributed by atoms with Crippen molar-refractivity contribution in [1.29, 1.82) is 0 Å². The Labute approximate surface area is 134 Å². The van der Waals surface area contributed by atoms with Gasteiger partial charge in [0.1, 0.15) is 0 Å². The molecule has 126 valence electrons. The van der Waals surface area contributed by atoms with Gasteiger partial charge in [-0.2, -0.15) is 0 Å². The van der Waals surface area contributed by atoms with E-state index in [0.29, 0.717) is 25.7 Å². The highest BCUT2D eigenvalue weighted by atomic mass is 35.5. The number of carbonyl (C=O) groups is 1. The highest BCUT2D eigenvalue weighted by Crippen LogP contribution is 2.29. The summed E-state index contributed by atoms with van der Waals surface area (Å²) in [6.07, 6.45) is 2.55. The molecule has 0 atom stereocenters. The van der Waals surface area contributed by atoms with Crippen LogP contribution in [0.2, 0.25) is 0 Å². The largest absolute Gasteiger partial charge is 0.384 e. The lowest BCUT2D eigenvalue weighted by atomic mass is 9.78. The summed E-state index contributed by atoms with van der Waals surface area (Å²) >= 11 is 0. The average molecular weight is 323 g/mol. The molecular weight excluding hydrogens is 292 g/mol. The topological polar surface area (TPSA) is 59.6 Å². The molecule has 0 bridgehead atoms. The van der Waals surface area contributed by atoms with Crippen LogP contribution in [0.5, 0.6) is 0 Å². The van der Waals surface area contributed by atoms with Crippen LogP contribution in [0.4, 0.5) is 0 Å². The lowest BCUT2D eigenvalue weighted by Crippen LogP contribution is -2.50. The van der Waals surface area contributed by atoms with Crippen molar-refractivity contribution in [2.24, 2.45) is 11.3 Å². The maximum atomic E-state index is 12.4. The molecule has 21 heavy (non-hydrogen) atoms.